The van der Waals surface area contributed by atoms with Crippen molar-refractivity contribution in [1.29, 1.82) is 5.41 Å². The van der Waals surface area contributed by atoms with Gasteiger partial charge in [0.1, 0.15) is 22.3 Å². The number of likely N-dealkylation sites (N-methyl/N-ethyl adjacent to an activating group) is 1. The summed E-state index contributed by atoms with van der Waals surface area (Å²) in [4.78, 5) is 30.2. The van der Waals surface area contributed by atoms with Crippen molar-refractivity contribution in [3.8, 4) is 0 Å². The number of likely N-dealkylation sites (tertiary alicyclic amines) is 1. The Kier molecular flexibility index (Phi) is 7.61. The Bertz CT molecular complexity index is 778. The highest BCUT2D eigenvalue weighted by Crippen LogP contribution is 2.29. The van der Waals surface area contributed by atoms with Crippen molar-refractivity contribution in [2.75, 3.05) is 25.5 Å². The van der Waals surface area contributed by atoms with Crippen molar-refractivity contribution in [3.05, 3.63) is 35.7 Å². The Morgan fingerprint density at radius 1 is 1.31 bits per heavy atom. The van der Waals surface area contributed by atoms with Crippen molar-refractivity contribution >= 4 is 34.6 Å². The van der Waals surface area contributed by atoms with Crippen LogP contribution in [0.3, 0.4) is 0 Å². The van der Waals surface area contributed by atoms with Gasteiger partial charge in [-0.15, -0.1) is 0 Å². The van der Waals surface area contributed by atoms with Gasteiger partial charge in [0.2, 0.25) is 0 Å². The van der Waals surface area contributed by atoms with Gasteiger partial charge >= 0.3 is 6.09 Å². The number of hydrogen-bond acceptors (Lipinski definition) is 6. The number of amides is 2. The first-order chi connectivity index (χ1) is 13.6. The number of carbonyl (C=O) groups is 2. The molecule has 1 aliphatic rings. The van der Waals surface area contributed by atoms with Gasteiger partial charge in [-0.25, -0.2) is 9.78 Å². The summed E-state index contributed by atoms with van der Waals surface area (Å²) >= 11 is 5.57. The fraction of sp³-hybridized carbons (Fsp3) is 0.500. The maximum atomic E-state index is 12.2. The monoisotopic (exact) mass is 421 g/mol. The second-order valence-corrected chi connectivity index (χ2v) is 8.24. The molecule has 2 amide bonds. The van der Waals surface area contributed by atoms with Gasteiger partial charge in [-0.1, -0.05) is 17.7 Å². The lowest BCUT2D eigenvalue weighted by molar-refractivity contribution is -0.116. The lowest BCUT2D eigenvalue weighted by atomic mass is 9.90. The summed E-state index contributed by atoms with van der Waals surface area (Å²) in [6.45, 7) is 6.86. The SMILES string of the molecule is CNC(=O)/C(=C\C(=N)Cl)Nc1ccc(C2CCN(C(=O)OC(C)(C)C)CC2)cn1. The molecule has 0 saturated carbocycles. The molecule has 1 saturated heterocycles. The fourth-order valence-corrected chi connectivity index (χ4v) is 3.11. The molecule has 3 N–H and O–H groups in total. The molecule has 0 atom stereocenters. The molecule has 2 rings (SSSR count). The number of halogens is 1. The molecule has 0 aliphatic carbocycles. The van der Waals surface area contributed by atoms with E-state index in [9.17, 15) is 9.59 Å². The number of piperidine rings is 1. The predicted molar refractivity (Wildman–Crippen MR) is 113 cm³/mol. The Balaban J connectivity index is 1.97. The van der Waals surface area contributed by atoms with E-state index >= 15 is 0 Å². The van der Waals surface area contributed by atoms with Crippen molar-refractivity contribution in [2.24, 2.45) is 0 Å². The average Bonchev–Trinajstić information content (AvgIpc) is 2.66. The van der Waals surface area contributed by atoms with Crippen LogP contribution < -0.4 is 10.6 Å². The molecule has 0 bridgehead atoms. The molecule has 158 valence electrons. The molecule has 1 fully saturated rings. The van der Waals surface area contributed by atoms with Crippen molar-refractivity contribution in [2.45, 2.75) is 45.1 Å². The Morgan fingerprint density at radius 2 is 1.97 bits per heavy atom. The van der Waals surface area contributed by atoms with Crippen LogP contribution in [-0.2, 0) is 9.53 Å². The van der Waals surface area contributed by atoms with E-state index in [0.717, 1.165) is 18.4 Å². The number of carbonyl (C=O) groups excluding carboxylic acids is 2. The van der Waals surface area contributed by atoms with E-state index in [1.165, 1.54) is 13.1 Å². The number of nitrogens with zero attached hydrogens (tertiary/aromatic N) is 2. The number of aromatic nitrogens is 1. The van der Waals surface area contributed by atoms with E-state index in [1.54, 1.807) is 17.2 Å². The first-order valence-electron chi connectivity index (χ1n) is 9.48. The molecule has 0 aromatic carbocycles. The molecule has 29 heavy (non-hydrogen) atoms. The Hall–Kier alpha value is -2.61. The third kappa shape index (κ3) is 7.05. The number of allylic oxidation sites excluding steroid dienone is 1. The van der Waals surface area contributed by atoms with E-state index in [4.69, 9.17) is 21.7 Å². The number of hydrogen-bond donors (Lipinski definition) is 3. The summed E-state index contributed by atoms with van der Waals surface area (Å²) in [5.74, 6) is 0.392. The van der Waals surface area contributed by atoms with Crippen LogP contribution in [0.5, 0.6) is 0 Å². The number of nitrogens with one attached hydrogen (secondary N) is 3. The molecular weight excluding hydrogens is 394 g/mol. The second-order valence-electron chi connectivity index (χ2n) is 7.83. The van der Waals surface area contributed by atoms with Gasteiger partial charge in [-0.3, -0.25) is 10.2 Å². The maximum absolute atomic E-state index is 12.2. The minimum absolute atomic E-state index is 0.137. The normalized spacial score (nSPS) is 15.6. The van der Waals surface area contributed by atoms with Crippen LogP contribution in [0.2, 0.25) is 0 Å². The van der Waals surface area contributed by atoms with Gasteiger partial charge in [-0.2, -0.15) is 0 Å². The molecule has 1 aromatic heterocycles. The van der Waals surface area contributed by atoms with E-state index < -0.39 is 11.5 Å². The van der Waals surface area contributed by atoms with E-state index in [1.807, 2.05) is 26.8 Å². The third-order valence-corrected chi connectivity index (χ3v) is 4.52. The molecule has 8 nitrogen and oxygen atoms in total. The Morgan fingerprint density at radius 3 is 2.45 bits per heavy atom. The molecule has 1 aromatic rings. The zero-order valence-electron chi connectivity index (χ0n) is 17.2. The maximum Gasteiger partial charge on any atom is 0.410 e. The van der Waals surface area contributed by atoms with Crippen LogP contribution in [0.15, 0.2) is 30.1 Å². The smallest absolute Gasteiger partial charge is 0.410 e. The van der Waals surface area contributed by atoms with Crippen LogP contribution in [-0.4, -0.2) is 52.8 Å². The molecule has 0 radical (unpaired) electrons. The number of pyridine rings is 1. The highest BCUT2D eigenvalue weighted by molar-refractivity contribution is 6.67. The lowest BCUT2D eigenvalue weighted by Crippen LogP contribution is -2.41. The van der Waals surface area contributed by atoms with Gasteiger partial charge in [0.15, 0.2) is 0 Å². The molecule has 0 unspecified atom stereocenters. The third-order valence-electron chi connectivity index (χ3n) is 4.41. The van der Waals surface area contributed by atoms with Gasteiger partial charge in [0.25, 0.3) is 5.91 Å². The van der Waals surface area contributed by atoms with Crippen LogP contribution >= 0.6 is 11.6 Å². The Labute approximate surface area is 176 Å². The van der Waals surface area contributed by atoms with E-state index in [-0.39, 0.29) is 17.0 Å². The van der Waals surface area contributed by atoms with Crippen LogP contribution in [0, 0.1) is 5.41 Å². The zero-order valence-corrected chi connectivity index (χ0v) is 18.0. The van der Waals surface area contributed by atoms with Crippen LogP contribution in [0.1, 0.15) is 45.1 Å². The molecule has 1 aliphatic heterocycles. The van der Waals surface area contributed by atoms with Gasteiger partial charge in [0.05, 0.1) is 0 Å². The molecular formula is C20H28ClN5O3. The molecule has 9 heteroatoms. The number of ether oxygens (including phenoxy) is 1. The van der Waals surface area contributed by atoms with Crippen molar-refractivity contribution in [1.82, 2.24) is 15.2 Å². The average molecular weight is 422 g/mol. The first kappa shape index (κ1) is 22.7. The van der Waals surface area contributed by atoms with Crippen molar-refractivity contribution < 1.29 is 14.3 Å². The van der Waals surface area contributed by atoms with E-state index in [2.05, 4.69) is 15.6 Å². The zero-order chi connectivity index (χ0) is 21.6. The minimum Gasteiger partial charge on any atom is -0.444 e. The topological polar surface area (TPSA) is 107 Å². The first-order valence-corrected chi connectivity index (χ1v) is 9.85. The molecule has 0 spiro atoms. The van der Waals surface area contributed by atoms with Crippen molar-refractivity contribution in [3.63, 3.8) is 0 Å². The number of anilines is 1. The van der Waals surface area contributed by atoms with Gasteiger partial charge in [0, 0.05) is 32.4 Å². The fourth-order valence-electron chi connectivity index (χ4n) is 3.00. The summed E-state index contributed by atoms with van der Waals surface area (Å²) < 4.78 is 5.43. The molecule has 2 heterocycles. The quantitative estimate of drug-likeness (QED) is 0.498. The van der Waals surface area contributed by atoms with E-state index in [0.29, 0.717) is 24.8 Å². The van der Waals surface area contributed by atoms with Crippen LogP contribution in [0.4, 0.5) is 10.6 Å². The lowest BCUT2D eigenvalue weighted by Gasteiger charge is -2.33. The predicted octanol–water partition coefficient (Wildman–Crippen LogP) is 3.45. The number of rotatable bonds is 5. The summed E-state index contributed by atoms with van der Waals surface area (Å²) in [5.41, 5.74) is 0.721. The summed E-state index contributed by atoms with van der Waals surface area (Å²) in [6, 6.07) is 3.74. The largest absolute Gasteiger partial charge is 0.444 e. The van der Waals surface area contributed by atoms with Crippen LogP contribution in [0.25, 0.3) is 0 Å². The summed E-state index contributed by atoms with van der Waals surface area (Å²) in [6.07, 6.45) is 4.39. The van der Waals surface area contributed by atoms with Gasteiger partial charge in [-0.05, 0) is 51.2 Å². The second kappa shape index (κ2) is 9.73. The van der Waals surface area contributed by atoms with Gasteiger partial charge < -0.3 is 20.3 Å². The highest BCUT2D eigenvalue weighted by atomic mass is 35.5. The standard InChI is InChI=1S/C20H28ClN5O3/c1-20(2,3)29-19(28)26-9-7-13(8-10-26)14-5-6-17(24-12-14)25-15(11-16(21)22)18(27)23-4/h5-6,11-13,22H,7-10H2,1-4H3,(H,23,27)(H,24,25)/b15-11+,22-16?. The summed E-state index contributed by atoms with van der Waals surface area (Å²) in [5, 5.41) is 12.4. The summed E-state index contributed by atoms with van der Waals surface area (Å²) in [7, 11) is 1.50. The minimum atomic E-state index is -0.495. The highest BCUT2D eigenvalue weighted by Gasteiger charge is 2.27.